The largest absolute Gasteiger partial charge is 0.491 e. The number of terminal acetylenes is 1. The van der Waals surface area contributed by atoms with Crippen LogP contribution in [0.15, 0.2) is 54.7 Å². The lowest BCUT2D eigenvalue weighted by Gasteiger charge is -2.11. The molecular weight excluding hydrogens is 379 g/mol. The number of nitrogens with zero attached hydrogens (tertiary/aromatic N) is 1. The summed E-state index contributed by atoms with van der Waals surface area (Å²) in [5.74, 6) is 2.13. The third kappa shape index (κ3) is 5.81. The normalized spacial score (nSPS) is 10.5. The number of halogens is 1. The highest BCUT2D eigenvalue weighted by Crippen LogP contribution is 2.21. The number of unbranched alkanes of at least 4 members (excludes halogenated alkanes) is 4. The van der Waals surface area contributed by atoms with Gasteiger partial charge in [0.05, 0.1) is 12.1 Å². The van der Waals surface area contributed by atoms with Crippen molar-refractivity contribution in [1.29, 1.82) is 0 Å². The number of benzene rings is 2. The first-order valence-electron chi connectivity index (χ1n) is 10.2. The summed E-state index contributed by atoms with van der Waals surface area (Å²) in [5.41, 5.74) is 1.71. The van der Waals surface area contributed by atoms with Gasteiger partial charge in [-0.05, 0) is 43.2 Å². The van der Waals surface area contributed by atoms with Gasteiger partial charge in [0.25, 0.3) is 5.91 Å². The van der Waals surface area contributed by atoms with Crippen LogP contribution in [0, 0.1) is 18.2 Å². The molecular formula is C25H25FN2O2. The standard InChI is InChI=1S/C25H25FN2O2/c1-2-3-4-5-6-7-16-30-23-12-8-10-21(24(23)26)18-28-25(29)20-13-14-22-19(17-20)11-9-15-27-22/h1,8-15,17H,3-7,16,18H2,(H,28,29). The Balaban J connectivity index is 1.53. The SMILES string of the molecule is C#CCCCCCCOc1cccc(CNC(=O)c2ccc3ncccc3c2)c1F. The van der Waals surface area contributed by atoms with Gasteiger partial charge < -0.3 is 10.1 Å². The quantitative estimate of drug-likeness (QED) is 0.370. The number of hydrogen-bond acceptors (Lipinski definition) is 3. The van der Waals surface area contributed by atoms with Crippen molar-refractivity contribution in [2.24, 2.45) is 0 Å². The molecule has 0 spiro atoms. The van der Waals surface area contributed by atoms with E-state index >= 15 is 0 Å². The summed E-state index contributed by atoms with van der Waals surface area (Å²) in [6.07, 6.45) is 11.6. The molecule has 4 nitrogen and oxygen atoms in total. The fourth-order valence-electron chi connectivity index (χ4n) is 3.16. The molecule has 1 N–H and O–H groups in total. The van der Waals surface area contributed by atoms with Crippen molar-refractivity contribution in [3.63, 3.8) is 0 Å². The van der Waals surface area contributed by atoms with Crippen LogP contribution >= 0.6 is 0 Å². The highest BCUT2D eigenvalue weighted by Gasteiger charge is 2.12. The van der Waals surface area contributed by atoms with Gasteiger partial charge in [0.2, 0.25) is 0 Å². The minimum Gasteiger partial charge on any atom is -0.491 e. The molecule has 154 valence electrons. The molecule has 0 aliphatic rings. The zero-order valence-electron chi connectivity index (χ0n) is 16.9. The molecule has 0 aliphatic carbocycles. The van der Waals surface area contributed by atoms with E-state index in [1.165, 1.54) is 0 Å². The summed E-state index contributed by atoms with van der Waals surface area (Å²) in [6, 6.07) is 14.0. The van der Waals surface area contributed by atoms with E-state index in [9.17, 15) is 9.18 Å². The number of hydrogen-bond donors (Lipinski definition) is 1. The maximum Gasteiger partial charge on any atom is 0.251 e. The maximum atomic E-state index is 14.7. The summed E-state index contributed by atoms with van der Waals surface area (Å²) < 4.78 is 20.3. The van der Waals surface area contributed by atoms with Gasteiger partial charge in [-0.3, -0.25) is 9.78 Å². The predicted molar refractivity (Wildman–Crippen MR) is 117 cm³/mol. The van der Waals surface area contributed by atoms with E-state index in [2.05, 4.69) is 16.2 Å². The summed E-state index contributed by atoms with van der Waals surface area (Å²) in [6.45, 7) is 0.535. The second-order valence-corrected chi connectivity index (χ2v) is 7.04. The topological polar surface area (TPSA) is 51.2 Å². The average molecular weight is 404 g/mol. The van der Waals surface area contributed by atoms with E-state index in [1.54, 1.807) is 42.6 Å². The third-order valence-corrected chi connectivity index (χ3v) is 4.82. The Labute approximate surface area is 176 Å². The molecule has 2 aromatic carbocycles. The Morgan fingerprint density at radius 2 is 1.97 bits per heavy atom. The lowest BCUT2D eigenvalue weighted by atomic mass is 10.1. The minimum absolute atomic E-state index is 0.0824. The molecule has 0 bridgehead atoms. The van der Waals surface area contributed by atoms with Gasteiger partial charge in [0.15, 0.2) is 11.6 Å². The summed E-state index contributed by atoms with van der Waals surface area (Å²) in [4.78, 5) is 16.7. The highest BCUT2D eigenvalue weighted by molar-refractivity contribution is 5.97. The third-order valence-electron chi connectivity index (χ3n) is 4.82. The Morgan fingerprint density at radius 3 is 2.83 bits per heavy atom. The van der Waals surface area contributed by atoms with Crippen LogP contribution in [-0.4, -0.2) is 17.5 Å². The van der Waals surface area contributed by atoms with E-state index < -0.39 is 5.82 Å². The molecule has 0 radical (unpaired) electrons. The number of carbonyl (C=O) groups is 1. The van der Waals surface area contributed by atoms with E-state index in [1.807, 2.05) is 12.1 Å². The molecule has 30 heavy (non-hydrogen) atoms. The number of amides is 1. The van der Waals surface area contributed by atoms with Crippen LogP contribution in [0.5, 0.6) is 5.75 Å². The summed E-state index contributed by atoms with van der Waals surface area (Å²) in [7, 11) is 0. The summed E-state index contributed by atoms with van der Waals surface area (Å²) in [5, 5.41) is 3.65. The van der Waals surface area contributed by atoms with Crippen molar-refractivity contribution in [2.75, 3.05) is 6.61 Å². The molecule has 0 aliphatic heterocycles. The Kier molecular flexibility index (Phi) is 7.79. The lowest BCUT2D eigenvalue weighted by molar-refractivity contribution is 0.0950. The molecule has 1 aromatic heterocycles. The van der Waals surface area contributed by atoms with E-state index in [0.717, 1.165) is 43.0 Å². The second kappa shape index (κ2) is 11.0. The Morgan fingerprint density at radius 1 is 1.10 bits per heavy atom. The fraction of sp³-hybridized carbons (Fsp3) is 0.280. The highest BCUT2D eigenvalue weighted by atomic mass is 19.1. The number of ether oxygens (including phenoxy) is 1. The zero-order valence-corrected chi connectivity index (χ0v) is 16.9. The Hall–Kier alpha value is -3.39. The van der Waals surface area contributed by atoms with Gasteiger partial charge in [-0.25, -0.2) is 4.39 Å². The molecule has 0 saturated heterocycles. The molecule has 1 heterocycles. The number of pyridine rings is 1. The van der Waals surface area contributed by atoms with Gasteiger partial charge >= 0.3 is 0 Å². The van der Waals surface area contributed by atoms with Crippen molar-refractivity contribution >= 4 is 16.8 Å². The first-order chi connectivity index (χ1) is 14.7. The lowest BCUT2D eigenvalue weighted by Crippen LogP contribution is -2.23. The molecule has 0 unspecified atom stereocenters. The van der Waals surface area contributed by atoms with Crippen molar-refractivity contribution in [1.82, 2.24) is 10.3 Å². The van der Waals surface area contributed by atoms with Crippen LogP contribution in [0.2, 0.25) is 0 Å². The van der Waals surface area contributed by atoms with Crippen molar-refractivity contribution in [3.8, 4) is 18.1 Å². The van der Waals surface area contributed by atoms with E-state index in [0.29, 0.717) is 17.7 Å². The van der Waals surface area contributed by atoms with Crippen LogP contribution < -0.4 is 10.1 Å². The molecule has 3 rings (SSSR count). The van der Waals surface area contributed by atoms with E-state index in [4.69, 9.17) is 11.2 Å². The van der Waals surface area contributed by atoms with Crippen molar-refractivity contribution in [2.45, 2.75) is 38.6 Å². The van der Waals surface area contributed by atoms with Crippen LogP contribution in [-0.2, 0) is 6.54 Å². The smallest absolute Gasteiger partial charge is 0.251 e. The maximum absolute atomic E-state index is 14.7. The number of nitrogens with one attached hydrogen (secondary N) is 1. The monoisotopic (exact) mass is 404 g/mol. The predicted octanol–water partition coefficient (Wildman–Crippen LogP) is 5.27. The number of aromatic nitrogens is 1. The summed E-state index contributed by atoms with van der Waals surface area (Å²) >= 11 is 0. The molecule has 5 heteroatoms. The zero-order chi connectivity index (χ0) is 21.2. The van der Waals surface area contributed by atoms with Gasteiger partial charge in [0, 0.05) is 35.7 Å². The first kappa shape index (κ1) is 21.3. The van der Waals surface area contributed by atoms with Gasteiger partial charge in [-0.15, -0.1) is 12.3 Å². The van der Waals surface area contributed by atoms with Crippen LogP contribution in [0.4, 0.5) is 4.39 Å². The van der Waals surface area contributed by atoms with Crippen LogP contribution in [0.3, 0.4) is 0 Å². The number of fused-ring (bicyclic) bond motifs is 1. The average Bonchev–Trinajstić information content (AvgIpc) is 2.78. The second-order valence-electron chi connectivity index (χ2n) is 7.04. The number of rotatable bonds is 10. The number of carbonyl (C=O) groups excluding carboxylic acids is 1. The van der Waals surface area contributed by atoms with Gasteiger partial charge in [-0.2, -0.15) is 0 Å². The van der Waals surface area contributed by atoms with Crippen molar-refractivity contribution < 1.29 is 13.9 Å². The molecule has 0 atom stereocenters. The van der Waals surface area contributed by atoms with Crippen LogP contribution in [0.1, 0.15) is 48.0 Å². The molecule has 3 aromatic rings. The molecule has 0 saturated carbocycles. The first-order valence-corrected chi connectivity index (χ1v) is 10.2. The van der Waals surface area contributed by atoms with Gasteiger partial charge in [0.1, 0.15) is 0 Å². The van der Waals surface area contributed by atoms with Crippen LogP contribution in [0.25, 0.3) is 10.9 Å². The Bertz CT molecular complexity index is 1040. The van der Waals surface area contributed by atoms with Gasteiger partial charge in [-0.1, -0.05) is 31.0 Å². The minimum atomic E-state index is -0.437. The van der Waals surface area contributed by atoms with Crippen molar-refractivity contribution in [3.05, 3.63) is 71.7 Å². The molecule has 1 amide bonds. The fourth-order valence-corrected chi connectivity index (χ4v) is 3.16. The molecule has 0 fully saturated rings. The van der Waals surface area contributed by atoms with E-state index in [-0.39, 0.29) is 18.2 Å².